The highest BCUT2D eigenvalue weighted by molar-refractivity contribution is 5.85. The van der Waals surface area contributed by atoms with E-state index in [4.69, 9.17) is 10.6 Å². The molecule has 0 atom stereocenters. The molecule has 0 amide bonds. The second-order valence-electron chi connectivity index (χ2n) is 5.03. The second-order valence-corrected chi connectivity index (χ2v) is 5.03. The van der Waals surface area contributed by atoms with Gasteiger partial charge in [0.2, 0.25) is 0 Å². The lowest BCUT2D eigenvalue weighted by Crippen LogP contribution is -2.06. The third-order valence-corrected chi connectivity index (χ3v) is 3.44. The number of nitrogens with one attached hydrogen (secondary N) is 1. The molecule has 0 aliphatic rings. The molecule has 0 unspecified atom stereocenters. The van der Waals surface area contributed by atoms with Gasteiger partial charge in [0.05, 0.1) is 0 Å². The van der Waals surface area contributed by atoms with Gasteiger partial charge in [-0.25, -0.2) is 0 Å². The molecule has 3 rings (SSSR count). The number of rotatable bonds is 5. The lowest BCUT2D eigenvalue weighted by molar-refractivity contribution is 0.306. The summed E-state index contributed by atoms with van der Waals surface area (Å²) in [7, 11) is 0. The lowest BCUT2D eigenvalue weighted by Gasteiger charge is -2.09. The Balaban J connectivity index is 0.00000192. The van der Waals surface area contributed by atoms with Gasteiger partial charge in [-0.05, 0) is 41.0 Å². The standard InChI is InChI=1S/C19H18N2O.ClH/c20-21-18-10-4-8-16(12-18)17-9-5-11-19(13-17)22-14-15-6-2-1-3-7-15;/h1-13,21H,14,20H2;1H. The summed E-state index contributed by atoms with van der Waals surface area (Å²) in [6.45, 7) is 0.564. The molecule has 3 aromatic rings. The average Bonchev–Trinajstić information content (AvgIpc) is 2.61. The fourth-order valence-corrected chi connectivity index (χ4v) is 2.29. The molecule has 0 saturated carbocycles. The van der Waals surface area contributed by atoms with Gasteiger partial charge in [0.1, 0.15) is 12.4 Å². The third-order valence-electron chi connectivity index (χ3n) is 3.44. The molecule has 0 fully saturated rings. The van der Waals surface area contributed by atoms with Crippen molar-refractivity contribution in [3.8, 4) is 16.9 Å². The van der Waals surface area contributed by atoms with Crippen LogP contribution in [-0.2, 0) is 6.61 Å². The molecule has 23 heavy (non-hydrogen) atoms. The molecular weight excluding hydrogens is 308 g/mol. The van der Waals surface area contributed by atoms with Gasteiger partial charge >= 0.3 is 0 Å². The Morgan fingerprint density at radius 2 is 1.48 bits per heavy atom. The van der Waals surface area contributed by atoms with E-state index in [0.717, 1.165) is 28.1 Å². The summed E-state index contributed by atoms with van der Waals surface area (Å²) in [5.41, 5.74) is 6.90. The van der Waals surface area contributed by atoms with Crippen LogP contribution in [0.4, 0.5) is 5.69 Å². The van der Waals surface area contributed by atoms with E-state index >= 15 is 0 Å². The maximum absolute atomic E-state index is 5.87. The maximum Gasteiger partial charge on any atom is 0.120 e. The first-order valence-electron chi connectivity index (χ1n) is 7.19. The molecule has 3 nitrogen and oxygen atoms in total. The van der Waals surface area contributed by atoms with Gasteiger partial charge in [0.15, 0.2) is 0 Å². The summed E-state index contributed by atoms with van der Waals surface area (Å²) < 4.78 is 5.87. The van der Waals surface area contributed by atoms with Crippen LogP contribution < -0.4 is 16.0 Å². The van der Waals surface area contributed by atoms with Crippen molar-refractivity contribution in [1.82, 2.24) is 0 Å². The van der Waals surface area contributed by atoms with E-state index in [1.807, 2.05) is 54.6 Å². The van der Waals surface area contributed by atoms with Crippen LogP contribution in [-0.4, -0.2) is 0 Å². The smallest absolute Gasteiger partial charge is 0.120 e. The fourth-order valence-electron chi connectivity index (χ4n) is 2.29. The second kappa shape index (κ2) is 8.22. The Morgan fingerprint density at radius 1 is 0.783 bits per heavy atom. The Labute approximate surface area is 142 Å². The molecule has 0 bridgehead atoms. The van der Waals surface area contributed by atoms with E-state index in [2.05, 4.69) is 29.7 Å². The molecule has 0 aromatic heterocycles. The van der Waals surface area contributed by atoms with Crippen LogP contribution in [0.15, 0.2) is 78.9 Å². The predicted molar refractivity (Wildman–Crippen MR) is 97.7 cm³/mol. The zero-order valence-electron chi connectivity index (χ0n) is 12.6. The molecule has 0 saturated heterocycles. The van der Waals surface area contributed by atoms with Crippen LogP contribution in [0, 0.1) is 0 Å². The Hall–Kier alpha value is -2.49. The predicted octanol–water partition coefficient (Wildman–Crippen LogP) is 4.64. The summed E-state index contributed by atoms with van der Waals surface area (Å²) in [6, 6.07) is 26.2. The minimum absolute atomic E-state index is 0. The van der Waals surface area contributed by atoms with Gasteiger partial charge < -0.3 is 10.2 Å². The van der Waals surface area contributed by atoms with E-state index in [1.54, 1.807) is 0 Å². The summed E-state index contributed by atoms with van der Waals surface area (Å²) >= 11 is 0. The largest absolute Gasteiger partial charge is 0.489 e. The number of nitrogen functional groups attached to an aromatic ring is 1. The normalized spacial score (nSPS) is 9.78. The molecule has 118 valence electrons. The van der Waals surface area contributed by atoms with Crippen molar-refractivity contribution in [2.75, 3.05) is 5.43 Å². The molecule has 0 aliphatic carbocycles. The van der Waals surface area contributed by atoms with Crippen molar-refractivity contribution < 1.29 is 4.74 Å². The first kappa shape index (κ1) is 16.9. The van der Waals surface area contributed by atoms with Crippen LogP contribution in [0.3, 0.4) is 0 Å². The highest BCUT2D eigenvalue weighted by atomic mass is 35.5. The molecule has 0 spiro atoms. The quantitative estimate of drug-likeness (QED) is 0.530. The molecular formula is C19H19ClN2O. The van der Waals surface area contributed by atoms with Crippen molar-refractivity contribution >= 4 is 18.1 Å². The number of hydrogen-bond acceptors (Lipinski definition) is 3. The lowest BCUT2D eigenvalue weighted by atomic mass is 10.0. The van der Waals surface area contributed by atoms with Crippen molar-refractivity contribution in [3.63, 3.8) is 0 Å². The topological polar surface area (TPSA) is 47.3 Å². The summed E-state index contributed by atoms with van der Waals surface area (Å²) in [5, 5.41) is 0. The minimum atomic E-state index is 0. The number of ether oxygens (including phenoxy) is 1. The molecule has 4 heteroatoms. The summed E-state index contributed by atoms with van der Waals surface area (Å²) in [5.74, 6) is 6.32. The van der Waals surface area contributed by atoms with Crippen LogP contribution in [0.2, 0.25) is 0 Å². The number of nitrogens with two attached hydrogens (primary N) is 1. The van der Waals surface area contributed by atoms with Crippen molar-refractivity contribution in [2.24, 2.45) is 5.84 Å². The average molecular weight is 327 g/mol. The zero-order chi connectivity index (χ0) is 15.2. The van der Waals surface area contributed by atoms with Crippen molar-refractivity contribution in [2.45, 2.75) is 6.61 Å². The van der Waals surface area contributed by atoms with Crippen molar-refractivity contribution in [3.05, 3.63) is 84.4 Å². The number of anilines is 1. The SMILES string of the molecule is Cl.NNc1cccc(-c2cccc(OCc3ccccc3)c2)c1. The van der Waals surface area contributed by atoms with Crippen LogP contribution >= 0.6 is 12.4 Å². The van der Waals surface area contributed by atoms with E-state index in [9.17, 15) is 0 Å². The van der Waals surface area contributed by atoms with Gasteiger partial charge in [-0.2, -0.15) is 0 Å². The number of benzene rings is 3. The highest BCUT2D eigenvalue weighted by Gasteiger charge is 2.02. The Kier molecular flexibility index (Phi) is 6.03. The van der Waals surface area contributed by atoms with E-state index < -0.39 is 0 Å². The Morgan fingerprint density at radius 3 is 2.22 bits per heavy atom. The van der Waals surface area contributed by atoms with Gasteiger partial charge in [0.25, 0.3) is 0 Å². The van der Waals surface area contributed by atoms with Gasteiger partial charge in [0, 0.05) is 5.69 Å². The van der Waals surface area contributed by atoms with Crippen LogP contribution in [0.25, 0.3) is 11.1 Å². The minimum Gasteiger partial charge on any atom is -0.489 e. The maximum atomic E-state index is 5.87. The van der Waals surface area contributed by atoms with Gasteiger partial charge in [-0.3, -0.25) is 5.84 Å². The zero-order valence-corrected chi connectivity index (χ0v) is 13.4. The van der Waals surface area contributed by atoms with E-state index in [0.29, 0.717) is 6.61 Å². The Bertz CT molecular complexity index is 747. The summed E-state index contributed by atoms with van der Waals surface area (Å²) in [6.07, 6.45) is 0. The van der Waals surface area contributed by atoms with E-state index in [-0.39, 0.29) is 12.4 Å². The first-order valence-corrected chi connectivity index (χ1v) is 7.19. The number of hydrogen-bond donors (Lipinski definition) is 2. The highest BCUT2D eigenvalue weighted by Crippen LogP contribution is 2.26. The molecule has 3 N–H and O–H groups in total. The van der Waals surface area contributed by atoms with E-state index in [1.165, 1.54) is 0 Å². The fraction of sp³-hybridized carbons (Fsp3) is 0.0526. The van der Waals surface area contributed by atoms with Crippen LogP contribution in [0.5, 0.6) is 5.75 Å². The monoisotopic (exact) mass is 326 g/mol. The first-order chi connectivity index (χ1) is 10.8. The molecule has 3 aromatic carbocycles. The third kappa shape index (κ3) is 4.49. The molecule has 0 aliphatic heterocycles. The molecule has 0 radical (unpaired) electrons. The van der Waals surface area contributed by atoms with Crippen molar-refractivity contribution in [1.29, 1.82) is 0 Å². The summed E-state index contributed by atoms with van der Waals surface area (Å²) in [4.78, 5) is 0. The van der Waals surface area contributed by atoms with Gasteiger partial charge in [-0.1, -0.05) is 54.6 Å². The molecule has 0 heterocycles. The number of hydrazine groups is 1. The van der Waals surface area contributed by atoms with Crippen LogP contribution in [0.1, 0.15) is 5.56 Å². The van der Waals surface area contributed by atoms with Gasteiger partial charge in [-0.15, -0.1) is 12.4 Å². The number of halogens is 1.